The van der Waals surface area contributed by atoms with Crippen LogP contribution in [0, 0.1) is 0 Å². The van der Waals surface area contributed by atoms with Gasteiger partial charge in [-0.1, -0.05) is 31.4 Å². The summed E-state index contributed by atoms with van der Waals surface area (Å²) in [5.74, 6) is 0.730. The molecule has 0 aromatic heterocycles. The minimum Gasteiger partial charge on any atom is -0.318 e. The summed E-state index contributed by atoms with van der Waals surface area (Å²) in [5.41, 5.74) is 2.23. The number of rotatable bonds is 3. The monoisotopic (exact) mass is 202 g/mol. The summed E-state index contributed by atoms with van der Waals surface area (Å²) >= 11 is 0. The van der Waals surface area contributed by atoms with E-state index in [1.54, 1.807) is 6.41 Å². The Balaban J connectivity index is 2.04. The molecule has 0 unspecified atom stereocenters. The van der Waals surface area contributed by atoms with Gasteiger partial charge in [0.1, 0.15) is 0 Å². The number of nitrogens with one attached hydrogen (secondary N) is 1. The van der Waals surface area contributed by atoms with Crippen molar-refractivity contribution in [2.45, 2.75) is 38.0 Å². The normalized spacial score (nSPS) is 17.3. The third-order valence-electron chi connectivity index (χ3n) is 3.18. The SMILES string of the molecule is O=[C]Nc1ccc(C2CCCCC2)cc1. The van der Waals surface area contributed by atoms with Gasteiger partial charge in [0.25, 0.3) is 0 Å². The van der Waals surface area contributed by atoms with Crippen molar-refractivity contribution < 1.29 is 4.79 Å². The van der Waals surface area contributed by atoms with E-state index in [1.165, 1.54) is 37.7 Å². The minimum absolute atomic E-state index is 0.730. The van der Waals surface area contributed by atoms with Crippen LogP contribution in [0.3, 0.4) is 0 Å². The maximum Gasteiger partial charge on any atom is 0.314 e. The molecule has 0 bridgehead atoms. The highest BCUT2D eigenvalue weighted by Gasteiger charge is 2.14. The molecule has 1 amide bonds. The second-order valence-corrected chi connectivity index (χ2v) is 4.18. The Bertz CT molecular complexity index is 312. The first-order chi connectivity index (χ1) is 7.40. The van der Waals surface area contributed by atoms with Crippen LogP contribution in [-0.4, -0.2) is 6.41 Å². The topological polar surface area (TPSA) is 29.1 Å². The highest BCUT2D eigenvalue weighted by Crippen LogP contribution is 2.32. The van der Waals surface area contributed by atoms with E-state index in [0.717, 1.165) is 11.6 Å². The molecule has 0 atom stereocenters. The molecule has 2 heteroatoms. The molecule has 1 aliphatic rings. The van der Waals surface area contributed by atoms with E-state index >= 15 is 0 Å². The van der Waals surface area contributed by atoms with E-state index in [-0.39, 0.29) is 0 Å². The summed E-state index contributed by atoms with van der Waals surface area (Å²) in [4.78, 5) is 10.1. The molecular weight excluding hydrogens is 186 g/mol. The maximum atomic E-state index is 10.1. The molecule has 79 valence electrons. The predicted molar refractivity (Wildman–Crippen MR) is 61.6 cm³/mol. The number of benzene rings is 1. The number of amides is 1. The molecule has 1 aliphatic carbocycles. The van der Waals surface area contributed by atoms with Crippen LogP contribution in [0.15, 0.2) is 24.3 Å². The van der Waals surface area contributed by atoms with Gasteiger partial charge in [-0.2, -0.15) is 0 Å². The molecule has 1 fully saturated rings. The smallest absolute Gasteiger partial charge is 0.314 e. The average Bonchev–Trinajstić information content (AvgIpc) is 2.32. The summed E-state index contributed by atoms with van der Waals surface area (Å²) in [6, 6.07) is 8.15. The quantitative estimate of drug-likeness (QED) is 0.749. The Hall–Kier alpha value is -1.31. The van der Waals surface area contributed by atoms with Crippen molar-refractivity contribution in [3.05, 3.63) is 29.8 Å². The Morgan fingerprint density at radius 2 is 1.73 bits per heavy atom. The first-order valence-electron chi connectivity index (χ1n) is 5.63. The fraction of sp³-hybridized carbons (Fsp3) is 0.462. The summed E-state index contributed by atoms with van der Waals surface area (Å²) in [5, 5.41) is 2.53. The molecule has 0 heterocycles. The van der Waals surface area contributed by atoms with Crippen molar-refractivity contribution in [3.63, 3.8) is 0 Å². The fourth-order valence-electron chi connectivity index (χ4n) is 2.33. The van der Waals surface area contributed by atoms with Crippen LogP contribution < -0.4 is 5.32 Å². The molecule has 0 saturated heterocycles. The molecular formula is C13H16NO. The van der Waals surface area contributed by atoms with Crippen LogP contribution in [0.5, 0.6) is 0 Å². The molecule has 15 heavy (non-hydrogen) atoms. The van der Waals surface area contributed by atoms with Crippen molar-refractivity contribution in [1.82, 2.24) is 0 Å². The second-order valence-electron chi connectivity index (χ2n) is 4.18. The first kappa shape index (κ1) is 10.2. The number of hydrogen-bond acceptors (Lipinski definition) is 1. The highest BCUT2D eigenvalue weighted by atomic mass is 16.1. The van der Waals surface area contributed by atoms with E-state index in [9.17, 15) is 4.79 Å². The molecule has 2 rings (SSSR count). The molecule has 0 spiro atoms. The molecule has 0 aliphatic heterocycles. The number of hydrogen-bond donors (Lipinski definition) is 1. The van der Waals surface area contributed by atoms with Crippen molar-refractivity contribution >= 4 is 12.1 Å². The van der Waals surface area contributed by atoms with Crippen molar-refractivity contribution in [1.29, 1.82) is 0 Å². The van der Waals surface area contributed by atoms with E-state index in [1.807, 2.05) is 12.1 Å². The average molecular weight is 202 g/mol. The second kappa shape index (κ2) is 4.96. The minimum atomic E-state index is 0.730. The van der Waals surface area contributed by atoms with Gasteiger partial charge in [0.15, 0.2) is 0 Å². The molecule has 1 saturated carbocycles. The lowest BCUT2D eigenvalue weighted by Gasteiger charge is -2.21. The van der Waals surface area contributed by atoms with Gasteiger partial charge < -0.3 is 5.32 Å². The van der Waals surface area contributed by atoms with E-state index in [2.05, 4.69) is 17.4 Å². The summed E-state index contributed by atoms with van der Waals surface area (Å²) < 4.78 is 0. The lowest BCUT2D eigenvalue weighted by Crippen LogP contribution is -2.04. The van der Waals surface area contributed by atoms with Gasteiger partial charge in [-0.25, -0.2) is 0 Å². The lowest BCUT2D eigenvalue weighted by atomic mass is 9.84. The van der Waals surface area contributed by atoms with Crippen molar-refractivity contribution in [3.8, 4) is 0 Å². The zero-order chi connectivity index (χ0) is 10.5. The van der Waals surface area contributed by atoms with Crippen molar-refractivity contribution in [2.24, 2.45) is 0 Å². The standard InChI is InChI=1S/C13H16NO/c15-10-14-13-8-6-12(7-9-13)11-4-2-1-3-5-11/h6-9,11H,1-5H2,(H,14,15). The van der Waals surface area contributed by atoms with Gasteiger partial charge in [0.05, 0.1) is 0 Å². The molecule has 2 nitrogen and oxygen atoms in total. The predicted octanol–water partition coefficient (Wildman–Crippen LogP) is 3.21. The van der Waals surface area contributed by atoms with Gasteiger partial charge in [0.2, 0.25) is 0 Å². The third kappa shape index (κ3) is 2.58. The molecule has 1 radical (unpaired) electrons. The summed E-state index contributed by atoms with van der Waals surface area (Å²) in [6.07, 6.45) is 8.40. The van der Waals surface area contributed by atoms with E-state index in [0.29, 0.717) is 0 Å². The zero-order valence-electron chi connectivity index (χ0n) is 8.83. The number of anilines is 1. The Kier molecular flexibility index (Phi) is 3.38. The molecule has 1 aromatic rings. The highest BCUT2D eigenvalue weighted by molar-refractivity contribution is 5.71. The van der Waals surface area contributed by atoms with Crippen LogP contribution >= 0.6 is 0 Å². The van der Waals surface area contributed by atoms with Gasteiger partial charge in [-0.05, 0) is 36.5 Å². The van der Waals surface area contributed by atoms with E-state index in [4.69, 9.17) is 0 Å². The Morgan fingerprint density at radius 1 is 1.07 bits per heavy atom. The van der Waals surface area contributed by atoms with Gasteiger partial charge >= 0.3 is 6.41 Å². The van der Waals surface area contributed by atoms with Crippen LogP contribution in [-0.2, 0) is 4.79 Å². The van der Waals surface area contributed by atoms with Crippen LogP contribution in [0.25, 0.3) is 0 Å². The largest absolute Gasteiger partial charge is 0.318 e. The Labute approximate surface area is 90.7 Å². The molecule has 1 N–H and O–H groups in total. The zero-order valence-corrected chi connectivity index (χ0v) is 8.83. The maximum absolute atomic E-state index is 10.1. The van der Waals surface area contributed by atoms with Crippen LogP contribution in [0.2, 0.25) is 0 Å². The number of carbonyl (C=O) groups excluding carboxylic acids is 1. The van der Waals surface area contributed by atoms with E-state index < -0.39 is 0 Å². The van der Waals surface area contributed by atoms with Crippen molar-refractivity contribution in [2.75, 3.05) is 5.32 Å². The van der Waals surface area contributed by atoms with Crippen LogP contribution in [0.1, 0.15) is 43.6 Å². The van der Waals surface area contributed by atoms with Crippen LogP contribution in [0.4, 0.5) is 5.69 Å². The van der Waals surface area contributed by atoms with Gasteiger partial charge in [-0.3, -0.25) is 4.79 Å². The fourth-order valence-corrected chi connectivity index (χ4v) is 2.33. The first-order valence-corrected chi connectivity index (χ1v) is 5.63. The summed E-state index contributed by atoms with van der Waals surface area (Å²) in [7, 11) is 0. The lowest BCUT2D eigenvalue weighted by molar-refractivity contribution is 0.443. The van der Waals surface area contributed by atoms with Gasteiger partial charge in [-0.15, -0.1) is 0 Å². The summed E-state index contributed by atoms with van der Waals surface area (Å²) in [6.45, 7) is 0. The Morgan fingerprint density at radius 3 is 2.33 bits per heavy atom. The third-order valence-corrected chi connectivity index (χ3v) is 3.18. The van der Waals surface area contributed by atoms with Gasteiger partial charge in [0, 0.05) is 5.69 Å². The molecule has 1 aromatic carbocycles.